The van der Waals surface area contributed by atoms with Crippen LogP contribution in [0.1, 0.15) is 37.0 Å². The number of amides is 2. The van der Waals surface area contributed by atoms with E-state index in [9.17, 15) is 18.0 Å². The van der Waals surface area contributed by atoms with Crippen molar-refractivity contribution in [1.29, 1.82) is 0 Å². The maximum absolute atomic E-state index is 13.9. The topological polar surface area (TPSA) is 86.8 Å². The first-order valence-electron chi connectivity index (χ1n) is 12.5. The average Bonchev–Trinajstić information content (AvgIpc) is 2.90. The summed E-state index contributed by atoms with van der Waals surface area (Å²) in [5.74, 6) is -0.787. The lowest BCUT2D eigenvalue weighted by Gasteiger charge is -2.32. The van der Waals surface area contributed by atoms with Crippen LogP contribution in [-0.2, 0) is 26.2 Å². The van der Waals surface area contributed by atoms with Gasteiger partial charge in [0, 0.05) is 18.1 Å². The largest absolute Gasteiger partial charge is 0.354 e. The molecule has 0 fully saturated rings. The summed E-state index contributed by atoms with van der Waals surface area (Å²) < 4.78 is 28.8. The van der Waals surface area contributed by atoms with Crippen molar-refractivity contribution in [2.75, 3.05) is 17.4 Å². The summed E-state index contributed by atoms with van der Waals surface area (Å²) in [6.07, 6.45) is 0.755. The molecule has 0 aliphatic heterocycles. The summed E-state index contributed by atoms with van der Waals surface area (Å²) in [5, 5.41) is 3.25. The molecule has 2 amide bonds. The number of benzene rings is 3. The molecule has 38 heavy (non-hydrogen) atoms. The normalized spacial score (nSPS) is 12.0. The molecule has 0 spiro atoms. The molecule has 1 atom stereocenters. The van der Waals surface area contributed by atoms with Crippen molar-refractivity contribution in [1.82, 2.24) is 10.2 Å². The third-order valence-corrected chi connectivity index (χ3v) is 8.41. The van der Waals surface area contributed by atoms with Gasteiger partial charge in [0.1, 0.15) is 12.6 Å². The molecule has 0 radical (unpaired) electrons. The van der Waals surface area contributed by atoms with Crippen molar-refractivity contribution in [3.63, 3.8) is 0 Å². The number of anilines is 1. The van der Waals surface area contributed by atoms with Gasteiger partial charge < -0.3 is 10.2 Å². The molecule has 7 nitrogen and oxygen atoms in total. The van der Waals surface area contributed by atoms with Crippen LogP contribution in [0.25, 0.3) is 0 Å². The summed E-state index contributed by atoms with van der Waals surface area (Å²) in [6.45, 7) is 7.49. The number of para-hydroxylation sites is 1. The molecule has 0 aliphatic carbocycles. The molecule has 0 aliphatic rings. The number of hydrogen-bond donors (Lipinski definition) is 1. The Hall–Kier alpha value is -3.36. The Labute approximate surface area is 230 Å². The monoisotopic (exact) mass is 555 g/mol. The smallest absolute Gasteiger partial charge is 0.264 e. The fourth-order valence-electron chi connectivity index (χ4n) is 4.04. The maximum Gasteiger partial charge on any atom is 0.264 e. The quantitative estimate of drug-likeness (QED) is 0.357. The Morgan fingerprint density at radius 3 is 2.13 bits per heavy atom. The second-order valence-electron chi connectivity index (χ2n) is 9.17. The molecule has 3 aromatic rings. The number of aryl methyl sites for hydroxylation is 2. The van der Waals surface area contributed by atoms with Gasteiger partial charge in [-0.05, 0) is 74.2 Å². The molecule has 0 aromatic heterocycles. The Bertz CT molecular complexity index is 1380. The molecule has 3 aromatic carbocycles. The van der Waals surface area contributed by atoms with Gasteiger partial charge in [-0.25, -0.2) is 8.42 Å². The Balaban J connectivity index is 2.04. The van der Waals surface area contributed by atoms with Crippen LogP contribution in [0, 0.1) is 13.8 Å². The van der Waals surface area contributed by atoms with Crippen molar-refractivity contribution in [3.05, 3.63) is 94.5 Å². The highest BCUT2D eigenvalue weighted by Crippen LogP contribution is 2.28. The highest BCUT2D eigenvalue weighted by atomic mass is 35.5. The molecule has 0 saturated heterocycles. The van der Waals surface area contributed by atoms with Crippen LogP contribution in [0.2, 0.25) is 5.02 Å². The molecular formula is C29H34ClN3O4S. The standard InChI is InChI=1S/C29H34ClN3O4S/c1-5-18-31-29(35)23(4)32(19-24-12-8-6-10-21(24)2)28(34)20-33(27-13-9-7-11-22(27)3)38(36,37)26-16-14-25(30)15-17-26/h6-17,23H,5,18-20H2,1-4H3,(H,31,35)/t23-/m0/s1. The van der Waals surface area contributed by atoms with Gasteiger partial charge in [-0.3, -0.25) is 13.9 Å². The molecule has 1 N–H and O–H groups in total. The molecule has 3 rings (SSSR count). The van der Waals surface area contributed by atoms with Crippen molar-refractivity contribution >= 4 is 39.1 Å². The number of rotatable bonds is 11. The lowest BCUT2D eigenvalue weighted by atomic mass is 10.1. The number of sulfonamides is 1. The van der Waals surface area contributed by atoms with Gasteiger partial charge in [0.05, 0.1) is 10.6 Å². The summed E-state index contributed by atoms with van der Waals surface area (Å²) in [4.78, 5) is 28.3. The third kappa shape index (κ3) is 6.94. The van der Waals surface area contributed by atoms with E-state index in [1.54, 1.807) is 38.1 Å². The molecule has 0 saturated carbocycles. The zero-order valence-electron chi connectivity index (χ0n) is 22.1. The summed E-state index contributed by atoms with van der Waals surface area (Å²) in [7, 11) is -4.14. The second-order valence-corrected chi connectivity index (χ2v) is 11.5. The van der Waals surface area contributed by atoms with Gasteiger partial charge in [0.2, 0.25) is 11.8 Å². The van der Waals surface area contributed by atoms with Gasteiger partial charge in [0.15, 0.2) is 0 Å². The minimum absolute atomic E-state index is 0.0112. The molecular weight excluding hydrogens is 522 g/mol. The SMILES string of the molecule is CCCNC(=O)[C@H](C)N(Cc1ccccc1C)C(=O)CN(c1ccccc1C)S(=O)(=O)c1ccc(Cl)cc1. The van der Waals surface area contributed by atoms with Gasteiger partial charge in [0.25, 0.3) is 10.0 Å². The molecule has 0 unspecified atom stereocenters. The predicted octanol–water partition coefficient (Wildman–Crippen LogP) is 5.10. The van der Waals surface area contributed by atoms with Crippen LogP contribution >= 0.6 is 11.6 Å². The van der Waals surface area contributed by atoms with E-state index in [-0.39, 0.29) is 17.3 Å². The average molecular weight is 556 g/mol. The first kappa shape index (κ1) is 29.2. The number of hydrogen-bond acceptors (Lipinski definition) is 4. The van der Waals surface area contributed by atoms with E-state index in [0.29, 0.717) is 22.8 Å². The van der Waals surface area contributed by atoms with E-state index in [2.05, 4.69) is 5.32 Å². The Morgan fingerprint density at radius 2 is 1.53 bits per heavy atom. The maximum atomic E-state index is 13.9. The van der Waals surface area contributed by atoms with Crippen LogP contribution in [0.15, 0.2) is 77.7 Å². The fourth-order valence-corrected chi connectivity index (χ4v) is 5.64. The zero-order valence-corrected chi connectivity index (χ0v) is 23.7. The Morgan fingerprint density at radius 1 is 0.921 bits per heavy atom. The number of nitrogens with one attached hydrogen (secondary N) is 1. The molecule has 0 bridgehead atoms. The van der Waals surface area contributed by atoms with Crippen molar-refractivity contribution < 1.29 is 18.0 Å². The van der Waals surface area contributed by atoms with Crippen LogP contribution in [0.3, 0.4) is 0 Å². The van der Waals surface area contributed by atoms with Crippen molar-refractivity contribution in [2.24, 2.45) is 0 Å². The number of carbonyl (C=O) groups is 2. The van der Waals surface area contributed by atoms with Crippen molar-refractivity contribution in [2.45, 2.75) is 51.6 Å². The van der Waals surface area contributed by atoms with E-state index >= 15 is 0 Å². The summed E-state index contributed by atoms with van der Waals surface area (Å²) >= 11 is 5.99. The summed E-state index contributed by atoms with van der Waals surface area (Å²) in [6, 6.07) is 19.6. The molecule has 9 heteroatoms. The first-order chi connectivity index (χ1) is 18.1. The van der Waals surface area contributed by atoms with Crippen LogP contribution in [0.5, 0.6) is 0 Å². The lowest BCUT2D eigenvalue weighted by molar-refractivity contribution is -0.139. The van der Waals surface area contributed by atoms with E-state index in [0.717, 1.165) is 21.9 Å². The minimum atomic E-state index is -4.14. The lowest BCUT2D eigenvalue weighted by Crippen LogP contribution is -2.51. The van der Waals surface area contributed by atoms with E-state index < -0.39 is 28.5 Å². The van der Waals surface area contributed by atoms with E-state index in [1.165, 1.54) is 29.2 Å². The third-order valence-electron chi connectivity index (χ3n) is 6.38. The van der Waals surface area contributed by atoms with Gasteiger partial charge in [-0.1, -0.05) is 61.0 Å². The van der Waals surface area contributed by atoms with Crippen LogP contribution in [0.4, 0.5) is 5.69 Å². The zero-order chi connectivity index (χ0) is 27.9. The van der Waals surface area contributed by atoms with Gasteiger partial charge in [-0.15, -0.1) is 0 Å². The predicted molar refractivity (Wildman–Crippen MR) is 152 cm³/mol. The van der Waals surface area contributed by atoms with E-state index in [1.807, 2.05) is 38.1 Å². The fraction of sp³-hybridized carbons (Fsp3) is 0.310. The number of carbonyl (C=O) groups excluding carboxylic acids is 2. The summed E-state index contributed by atoms with van der Waals surface area (Å²) in [5.41, 5.74) is 2.92. The number of halogens is 1. The van der Waals surface area contributed by atoms with E-state index in [4.69, 9.17) is 11.6 Å². The first-order valence-corrected chi connectivity index (χ1v) is 14.3. The molecule has 202 valence electrons. The van der Waals surface area contributed by atoms with Crippen LogP contribution in [-0.4, -0.2) is 44.3 Å². The highest BCUT2D eigenvalue weighted by molar-refractivity contribution is 7.92. The Kier molecular flexibility index (Phi) is 9.94. The van der Waals surface area contributed by atoms with Gasteiger partial charge in [-0.2, -0.15) is 0 Å². The number of nitrogens with zero attached hydrogens (tertiary/aromatic N) is 2. The second kappa shape index (κ2) is 12.9. The van der Waals surface area contributed by atoms with Gasteiger partial charge >= 0.3 is 0 Å². The highest BCUT2D eigenvalue weighted by Gasteiger charge is 2.33. The minimum Gasteiger partial charge on any atom is -0.354 e. The van der Waals surface area contributed by atoms with Crippen molar-refractivity contribution in [3.8, 4) is 0 Å². The molecule has 0 heterocycles. The van der Waals surface area contributed by atoms with Crippen LogP contribution < -0.4 is 9.62 Å².